The number of nitrogens with one attached hydrogen (secondary N) is 1. The molecule has 1 unspecified atom stereocenters. The maximum absolute atomic E-state index is 12.2. The van der Waals surface area contributed by atoms with Crippen molar-refractivity contribution in [3.8, 4) is 11.3 Å². The van der Waals surface area contributed by atoms with Crippen LogP contribution < -0.4 is 5.32 Å². The van der Waals surface area contributed by atoms with Crippen molar-refractivity contribution in [3.63, 3.8) is 0 Å². The smallest absolute Gasteiger partial charge is 0.220 e. The lowest BCUT2D eigenvalue weighted by Crippen LogP contribution is -2.43. The Morgan fingerprint density at radius 1 is 1.35 bits per heavy atom. The van der Waals surface area contributed by atoms with Crippen LogP contribution in [-0.2, 0) is 11.2 Å². The Kier molecular flexibility index (Phi) is 6.45. The van der Waals surface area contributed by atoms with Crippen LogP contribution >= 0.6 is 0 Å². The predicted molar refractivity (Wildman–Crippen MR) is 103 cm³/mol. The van der Waals surface area contributed by atoms with Crippen molar-refractivity contribution in [2.24, 2.45) is 5.92 Å². The average molecular weight is 355 g/mol. The van der Waals surface area contributed by atoms with Crippen molar-refractivity contribution in [2.45, 2.75) is 45.6 Å². The van der Waals surface area contributed by atoms with E-state index in [0.29, 0.717) is 30.7 Å². The summed E-state index contributed by atoms with van der Waals surface area (Å²) in [6, 6.07) is 10.5. The highest BCUT2D eigenvalue weighted by Gasteiger charge is 2.21. The van der Waals surface area contributed by atoms with Gasteiger partial charge in [-0.15, -0.1) is 0 Å². The Bertz CT molecular complexity index is 696. The summed E-state index contributed by atoms with van der Waals surface area (Å²) in [5.41, 5.74) is 1.00. The van der Waals surface area contributed by atoms with Gasteiger partial charge in [-0.2, -0.15) is 0 Å². The Morgan fingerprint density at radius 2 is 2.15 bits per heavy atom. The molecule has 1 saturated heterocycles. The molecule has 1 aromatic carbocycles. The third-order valence-electron chi connectivity index (χ3n) is 5.05. The molecule has 0 spiro atoms. The number of amides is 1. The van der Waals surface area contributed by atoms with Gasteiger partial charge in [0.25, 0.3) is 0 Å². The fourth-order valence-corrected chi connectivity index (χ4v) is 3.46. The molecule has 0 bridgehead atoms. The maximum Gasteiger partial charge on any atom is 0.220 e. The van der Waals surface area contributed by atoms with Gasteiger partial charge in [0.2, 0.25) is 5.91 Å². The van der Waals surface area contributed by atoms with Gasteiger partial charge in [0.15, 0.2) is 11.7 Å². The largest absolute Gasteiger partial charge is 0.441 e. The van der Waals surface area contributed by atoms with E-state index in [1.54, 1.807) is 6.20 Å². The van der Waals surface area contributed by atoms with E-state index in [1.807, 2.05) is 30.3 Å². The van der Waals surface area contributed by atoms with Crippen LogP contribution in [0.3, 0.4) is 0 Å². The Morgan fingerprint density at radius 3 is 2.92 bits per heavy atom. The van der Waals surface area contributed by atoms with Crippen molar-refractivity contribution in [1.82, 2.24) is 15.2 Å². The van der Waals surface area contributed by atoms with Crippen molar-refractivity contribution < 1.29 is 9.21 Å². The molecule has 0 aliphatic carbocycles. The first-order valence-electron chi connectivity index (χ1n) is 9.62. The second-order valence-electron chi connectivity index (χ2n) is 7.39. The summed E-state index contributed by atoms with van der Waals surface area (Å²) < 4.78 is 5.76. The van der Waals surface area contributed by atoms with E-state index >= 15 is 0 Å². The van der Waals surface area contributed by atoms with Crippen LogP contribution in [0.2, 0.25) is 0 Å². The molecular formula is C21H29N3O2. The first kappa shape index (κ1) is 18.6. The quantitative estimate of drug-likeness (QED) is 0.826. The molecule has 1 aliphatic rings. The molecule has 1 N–H and O–H groups in total. The number of oxazole rings is 1. The van der Waals surface area contributed by atoms with Crippen molar-refractivity contribution in [3.05, 3.63) is 42.4 Å². The van der Waals surface area contributed by atoms with Crippen LogP contribution in [0.1, 0.15) is 39.0 Å². The molecule has 2 aromatic rings. The normalized spacial score (nSPS) is 18.2. The molecule has 5 nitrogen and oxygen atoms in total. The number of aromatic nitrogens is 1. The minimum atomic E-state index is 0.0751. The number of likely N-dealkylation sites (tertiary alicyclic amines) is 1. The average Bonchev–Trinajstić information content (AvgIpc) is 3.15. The molecule has 3 rings (SSSR count). The fraction of sp³-hybridized carbons (Fsp3) is 0.524. The first-order chi connectivity index (χ1) is 12.6. The number of carbonyl (C=O) groups excluding carboxylic acids is 1. The Balaban J connectivity index is 1.41. The molecule has 140 valence electrons. The van der Waals surface area contributed by atoms with E-state index in [9.17, 15) is 4.79 Å². The van der Waals surface area contributed by atoms with E-state index in [4.69, 9.17) is 4.42 Å². The van der Waals surface area contributed by atoms with Gasteiger partial charge in [-0.25, -0.2) is 4.98 Å². The predicted octanol–water partition coefficient (Wildman–Crippen LogP) is 3.51. The lowest BCUT2D eigenvalue weighted by atomic mass is 9.97. The Hall–Kier alpha value is -2.14. The minimum Gasteiger partial charge on any atom is -0.441 e. The summed E-state index contributed by atoms with van der Waals surface area (Å²) in [6.45, 7) is 7.50. The number of nitrogens with zero attached hydrogens (tertiary/aromatic N) is 2. The molecule has 26 heavy (non-hydrogen) atoms. The van der Waals surface area contributed by atoms with Crippen LogP contribution in [0.5, 0.6) is 0 Å². The van der Waals surface area contributed by atoms with E-state index in [1.165, 1.54) is 19.4 Å². The zero-order valence-corrected chi connectivity index (χ0v) is 15.8. The van der Waals surface area contributed by atoms with Crippen LogP contribution in [0.25, 0.3) is 11.3 Å². The molecule has 1 fully saturated rings. The van der Waals surface area contributed by atoms with E-state index < -0.39 is 0 Å². The maximum atomic E-state index is 12.2. The van der Waals surface area contributed by atoms with Crippen LogP contribution in [0, 0.1) is 5.92 Å². The summed E-state index contributed by atoms with van der Waals surface area (Å²) >= 11 is 0. The molecule has 0 radical (unpaired) electrons. The molecule has 2 heterocycles. The number of hydrogen-bond acceptors (Lipinski definition) is 4. The first-order valence-corrected chi connectivity index (χ1v) is 9.62. The lowest BCUT2D eigenvalue weighted by molar-refractivity contribution is -0.121. The molecule has 1 aliphatic heterocycles. The number of piperidine rings is 1. The standard InChI is InChI=1S/C21H29N3O2/c1-16(2)24-12-6-7-17(15-24)13-22-20(25)10-11-21-23-14-19(26-21)18-8-4-3-5-9-18/h3-5,8-9,14,16-17H,6-7,10-13,15H2,1-2H3,(H,22,25). The monoisotopic (exact) mass is 355 g/mol. The SMILES string of the molecule is CC(C)N1CCCC(CNC(=O)CCc2ncc(-c3ccccc3)o2)C1. The second-order valence-corrected chi connectivity index (χ2v) is 7.39. The van der Waals surface area contributed by atoms with Gasteiger partial charge >= 0.3 is 0 Å². The van der Waals surface area contributed by atoms with Gasteiger partial charge in [-0.05, 0) is 39.2 Å². The van der Waals surface area contributed by atoms with E-state index in [2.05, 4.69) is 29.0 Å². The number of aryl methyl sites for hydroxylation is 1. The summed E-state index contributed by atoms with van der Waals surface area (Å²) in [4.78, 5) is 18.9. The highest BCUT2D eigenvalue weighted by atomic mass is 16.4. The molecule has 0 saturated carbocycles. The number of hydrogen-bond donors (Lipinski definition) is 1. The summed E-state index contributed by atoms with van der Waals surface area (Å²) in [7, 11) is 0. The van der Waals surface area contributed by atoms with Crippen LogP contribution in [-0.4, -0.2) is 41.5 Å². The third kappa shape index (κ3) is 5.18. The number of benzene rings is 1. The van der Waals surface area contributed by atoms with Gasteiger partial charge in [-0.1, -0.05) is 30.3 Å². The van der Waals surface area contributed by atoms with Crippen molar-refractivity contribution in [2.75, 3.05) is 19.6 Å². The number of rotatable bonds is 7. The van der Waals surface area contributed by atoms with Crippen molar-refractivity contribution in [1.29, 1.82) is 0 Å². The zero-order valence-electron chi connectivity index (χ0n) is 15.8. The van der Waals surface area contributed by atoms with Crippen molar-refractivity contribution >= 4 is 5.91 Å². The minimum absolute atomic E-state index is 0.0751. The van der Waals surface area contributed by atoms with Gasteiger partial charge in [0.05, 0.1) is 6.20 Å². The highest BCUT2D eigenvalue weighted by Crippen LogP contribution is 2.20. The Labute approximate surface area is 155 Å². The molecule has 5 heteroatoms. The summed E-state index contributed by atoms with van der Waals surface area (Å²) in [5, 5.41) is 3.09. The van der Waals surface area contributed by atoms with E-state index in [0.717, 1.165) is 24.4 Å². The van der Waals surface area contributed by atoms with Gasteiger partial charge in [0.1, 0.15) is 0 Å². The van der Waals surface area contributed by atoms with Gasteiger partial charge in [0, 0.05) is 37.5 Å². The third-order valence-corrected chi connectivity index (χ3v) is 5.05. The highest BCUT2D eigenvalue weighted by molar-refractivity contribution is 5.76. The molecular weight excluding hydrogens is 326 g/mol. The second kappa shape index (κ2) is 8.99. The van der Waals surface area contributed by atoms with E-state index in [-0.39, 0.29) is 5.91 Å². The number of carbonyl (C=O) groups is 1. The summed E-state index contributed by atoms with van der Waals surface area (Å²) in [5.74, 6) is 1.99. The fourth-order valence-electron chi connectivity index (χ4n) is 3.46. The zero-order chi connectivity index (χ0) is 18.4. The molecule has 1 aromatic heterocycles. The lowest BCUT2D eigenvalue weighted by Gasteiger charge is -2.35. The summed E-state index contributed by atoms with van der Waals surface area (Å²) in [6.07, 6.45) is 5.09. The van der Waals surface area contributed by atoms with Gasteiger partial charge < -0.3 is 14.6 Å². The van der Waals surface area contributed by atoms with Crippen LogP contribution in [0.15, 0.2) is 40.9 Å². The topological polar surface area (TPSA) is 58.4 Å². The van der Waals surface area contributed by atoms with Crippen LogP contribution in [0.4, 0.5) is 0 Å². The molecule has 1 amide bonds. The molecule has 1 atom stereocenters. The van der Waals surface area contributed by atoms with Gasteiger partial charge in [-0.3, -0.25) is 4.79 Å².